The molecule has 164 valence electrons. The minimum Gasteiger partial charge on any atom is -0.497 e. The maximum absolute atomic E-state index is 12.8. The van der Waals surface area contributed by atoms with Crippen LogP contribution in [0.2, 0.25) is 0 Å². The summed E-state index contributed by atoms with van der Waals surface area (Å²) >= 11 is 0. The molecule has 0 bridgehead atoms. The van der Waals surface area contributed by atoms with Gasteiger partial charge in [-0.3, -0.25) is 4.79 Å². The normalized spacial score (nSPS) is 17.5. The number of hydrogen-bond acceptors (Lipinski definition) is 5. The average Bonchev–Trinajstić information content (AvgIpc) is 2.82. The van der Waals surface area contributed by atoms with E-state index in [2.05, 4.69) is 0 Å². The van der Waals surface area contributed by atoms with Crippen LogP contribution < -0.4 is 9.64 Å². The number of nitrogens with zero attached hydrogens (tertiary/aromatic N) is 2. The summed E-state index contributed by atoms with van der Waals surface area (Å²) in [5.74, 6) is 0.687. The van der Waals surface area contributed by atoms with Gasteiger partial charge in [-0.15, -0.1) is 0 Å². The Hall–Kier alpha value is -2.68. The summed E-state index contributed by atoms with van der Waals surface area (Å²) in [4.78, 5) is 14.8. The zero-order chi connectivity index (χ0) is 21.8. The summed E-state index contributed by atoms with van der Waals surface area (Å²) in [6.07, 6.45) is 5.06. The van der Waals surface area contributed by atoms with Gasteiger partial charge < -0.3 is 14.4 Å². The van der Waals surface area contributed by atoms with Crippen molar-refractivity contribution in [3.05, 3.63) is 59.7 Å². The largest absolute Gasteiger partial charge is 0.497 e. The fourth-order valence-electron chi connectivity index (χ4n) is 3.87. The number of morpholine rings is 1. The zero-order valence-electron chi connectivity index (χ0n) is 17.5. The Labute approximate surface area is 182 Å². The molecule has 7 nitrogen and oxygen atoms in total. The van der Waals surface area contributed by atoms with Crippen LogP contribution in [0.25, 0.3) is 6.08 Å². The molecule has 0 spiro atoms. The Morgan fingerprint density at radius 2 is 1.81 bits per heavy atom. The number of carbonyl (C=O) groups excluding carboxylic acids is 1. The van der Waals surface area contributed by atoms with Gasteiger partial charge >= 0.3 is 0 Å². The highest BCUT2D eigenvalue weighted by Crippen LogP contribution is 2.30. The summed E-state index contributed by atoms with van der Waals surface area (Å²) in [6, 6.07) is 12.4. The van der Waals surface area contributed by atoms with Gasteiger partial charge in [0.1, 0.15) is 5.75 Å². The minimum absolute atomic E-state index is 0.101. The van der Waals surface area contributed by atoms with Gasteiger partial charge in [0, 0.05) is 31.4 Å². The van der Waals surface area contributed by atoms with Gasteiger partial charge in [0.25, 0.3) is 5.91 Å². The van der Waals surface area contributed by atoms with Crippen molar-refractivity contribution < 1.29 is 22.7 Å². The molecule has 2 aromatic rings. The number of fused-ring (bicyclic) bond motifs is 1. The predicted molar refractivity (Wildman–Crippen MR) is 119 cm³/mol. The van der Waals surface area contributed by atoms with Crippen LogP contribution in [-0.4, -0.2) is 58.6 Å². The molecule has 4 rings (SSSR count). The molecule has 2 aliphatic heterocycles. The van der Waals surface area contributed by atoms with E-state index in [-0.39, 0.29) is 10.8 Å². The second kappa shape index (κ2) is 9.21. The standard InChI is InChI=1S/C23H26N2O5S/c1-29-20-7-10-22-19(17-20)3-2-12-25(22)23(26)11-6-18-4-8-21(9-5-18)31(27,28)24-13-15-30-16-14-24/h4-11,17H,2-3,12-16H2,1H3. The highest BCUT2D eigenvalue weighted by molar-refractivity contribution is 7.89. The molecule has 0 N–H and O–H groups in total. The Kier molecular flexibility index (Phi) is 6.41. The van der Waals surface area contributed by atoms with Gasteiger partial charge in [-0.25, -0.2) is 8.42 Å². The second-order valence-electron chi connectivity index (χ2n) is 7.51. The fraction of sp³-hybridized carbons (Fsp3) is 0.348. The molecule has 0 aromatic heterocycles. The molecular weight excluding hydrogens is 416 g/mol. The van der Waals surface area contributed by atoms with Crippen molar-refractivity contribution in [2.45, 2.75) is 17.7 Å². The molecule has 1 saturated heterocycles. The number of sulfonamides is 1. The van der Waals surface area contributed by atoms with E-state index in [1.165, 1.54) is 10.4 Å². The third-order valence-corrected chi connectivity index (χ3v) is 7.49. The van der Waals surface area contributed by atoms with Gasteiger partial charge in [0.15, 0.2) is 0 Å². The van der Waals surface area contributed by atoms with Gasteiger partial charge in [-0.05, 0) is 60.4 Å². The van der Waals surface area contributed by atoms with Crippen LogP contribution in [0.3, 0.4) is 0 Å². The number of hydrogen-bond donors (Lipinski definition) is 0. The Bertz CT molecular complexity index is 1070. The summed E-state index contributed by atoms with van der Waals surface area (Å²) in [5, 5.41) is 0. The Balaban J connectivity index is 1.46. The molecule has 2 heterocycles. The molecule has 0 aliphatic carbocycles. The smallest absolute Gasteiger partial charge is 0.250 e. The van der Waals surface area contributed by atoms with Crippen LogP contribution in [0, 0.1) is 0 Å². The molecule has 0 saturated carbocycles. The minimum atomic E-state index is -3.52. The van der Waals surface area contributed by atoms with E-state index in [0.29, 0.717) is 32.8 Å². The summed E-state index contributed by atoms with van der Waals surface area (Å²) in [5.41, 5.74) is 2.78. The number of rotatable bonds is 5. The molecular formula is C23H26N2O5S. The van der Waals surface area contributed by atoms with Gasteiger partial charge in [0.05, 0.1) is 25.2 Å². The lowest BCUT2D eigenvalue weighted by molar-refractivity contribution is -0.114. The number of aryl methyl sites for hydroxylation is 1. The maximum Gasteiger partial charge on any atom is 0.250 e. The van der Waals surface area contributed by atoms with Crippen molar-refractivity contribution in [3.8, 4) is 5.75 Å². The SMILES string of the molecule is COc1ccc2c(c1)CCCN2C(=O)C=Cc1ccc(S(=O)(=O)N2CCOCC2)cc1. The van der Waals surface area contributed by atoms with Crippen LogP contribution in [-0.2, 0) is 26.0 Å². The Morgan fingerprint density at radius 3 is 2.52 bits per heavy atom. The Morgan fingerprint density at radius 1 is 1.06 bits per heavy atom. The maximum atomic E-state index is 12.8. The first-order chi connectivity index (χ1) is 15.0. The second-order valence-corrected chi connectivity index (χ2v) is 9.44. The number of ether oxygens (including phenoxy) is 2. The third-order valence-electron chi connectivity index (χ3n) is 5.58. The number of methoxy groups -OCH3 is 1. The van der Waals surface area contributed by atoms with E-state index in [1.807, 2.05) is 18.2 Å². The van der Waals surface area contributed by atoms with E-state index >= 15 is 0 Å². The zero-order valence-corrected chi connectivity index (χ0v) is 18.3. The van der Waals surface area contributed by atoms with Crippen molar-refractivity contribution in [2.24, 2.45) is 0 Å². The summed E-state index contributed by atoms with van der Waals surface area (Å²) in [7, 11) is -1.89. The van der Waals surface area contributed by atoms with Crippen molar-refractivity contribution in [1.82, 2.24) is 4.31 Å². The van der Waals surface area contributed by atoms with Gasteiger partial charge in [-0.2, -0.15) is 4.31 Å². The van der Waals surface area contributed by atoms with Crippen LogP contribution >= 0.6 is 0 Å². The van der Waals surface area contributed by atoms with Crippen LogP contribution in [0.1, 0.15) is 17.5 Å². The van der Waals surface area contributed by atoms with E-state index in [0.717, 1.165) is 35.4 Å². The quantitative estimate of drug-likeness (QED) is 0.666. The first-order valence-electron chi connectivity index (χ1n) is 10.3. The molecule has 1 amide bonds. The number of anilines is 1. The molecule has 2 aromatic carbocycles. The number of carbonyl (C=O) groups is 1. The molecule has 8 heteroatoms. The van der Waals surface area contributed by atoms with E-state index < -0.39 is 10.0 Å². The monoisotopic (exact) mass is 442 g/mol. The predicted octanol–water partition coefficient (Wildman–Crippen LogP) is 2.71. The van der Waals surface area contributed by atoms with Crippen molar-refractivity contribution >= 4 is 27.7 Å². The molecule has 0 atom stereocenters. The highest BCUT2D eigenvalue weighted by Gasteiger charge is 2.26. The first-order valence-corrected chi connectivity index (χ1v) is 11.8. The first kappa shape index (κ1) is 21.5. The number of benzene rings is 2. The summed E-state index contributed by atoms with van der Waals surface area (Å²) in [6.45, 7) is 2.21. The van der Waals surface area contributed by atoms with Crippen molar-refractivity contribution in [2.75, 3.05) is 44.9 Å². The van der Waals surface area contributed by atoms with Crippen molar-refractivity contribution in [3.63, 3.8) is 0 Å². The van der Waals surface area contributed by atoms with E-state index in [4.69, 9.17) is 9.47 Å². The third kappa shape index (κ3) is 4.66. The lowest BCUT2D eigenvalue weighted by atomic mass is 10.0. The van der Waals surface area contributed by atoms with Crippen molar-refractivity contribution in [1.29, 1.82) is 0 Å². The van der Waals surface area contributed by atoms with E-state index in [1.54, 1.807) is 42.4 Å². The number of amides is 1. The molecule has 0 radical (unpaired) electrons. The van der Waals surface area contributed by atoms with Crippen LogP contribution in [0.15, 0.2) is 53.4 Å². The average molecular weight is 443 g/mol. The topological polar surface area (TPSA) is 76.2 Å². The van der Waals surface area contributed by atoms with Crippen LogP contribution in [0.5, 0.6) is 5.75 Å². The fourth-order valence-corrected chi connectivity index (χ4v) is 5.28. The van der Waals surface area contributed by atoms with E-state index in [9.17, 15) is 13.2 Å². The molecule has 0 unspecified atom stereocenters. The summed E-state index contributed by atoms with van der Waals surface area (Å²) < 4.78 is 37.4. The van der Waals surface area contributed by atoms with Gasteiger partial charge in [0.2, 0.25) is 10.0 Å². The van der Waals surface area contributed by atoms with Crippen LogP contribution in [0.4, 0.5) is 5.69 Å². The lowest BCUT2D eigenvalue weighted by Crippen LogP contribution is -2.40. The lowest BCUT2D eigenvalue weighted by Gasteiger charge is -2.29. The molecule has 1 fully saturated rings. The molecule has 2 aliphatic rings. The highest BCUT2D eigenvalue weighted by atomic mass is 32.2. The van der Waals surface area contributed by atoms with Gasteiger partial charge in [-0.1, -0.05) is 12.1 Å². The molecule has 31 heavy (non-hydrogen) atoms.